The molecule has 1 spiro atoms. The number of aromatic nitrogens is 3. The first-order valence-electron chi connectivity index (χ1n) is 14.2. The summed E-state index contributed by atoms with van der Waals surface area (Å²) in [7, 11) is 1.84. The number of hydrogen-bond donors (Lipinski definition) is 0. The van der Waals surface area contributed by atoms with Crippen molar-refractivity contribution in [2.24, 2.45) is 24.3 Å². The van der Waals surface area contributed by atoms with E-state index in [1.165, 1.54) is 6.07 Å². The Kier molecular flexibility index (Phi) is 6.84. The van der Waals surface area contributed by atoms with Gasteiger partial charge in [0.25, 0.3) is 0 Å². The molecular formula is C29H37ClFN5O3. The topological polar surface area (TPSA) is 80.6 Å². The van der Waals surface area contributed by atoms with E-state index in [1.54, 1.807) is 4.57 Å². The lowest BCUT2D eigenvalue weighted by Crippen LogP contribution is -2.49. The maximum atomic E-state index is 15.7. The molecule has 1 saturated heterocycles. The number of carbonyl (C=O) groups excluding carboxylic acids is 2. The van der Waals surface area contributed by atoms with Gasteiger partial charge in [0, 0.05) is 49.6 Å². The van der Waals surface area contributed by atoms with Crippen LogP contribution >= 0.6 is 11.6 Å². The molecule has 1 aromatic heterocycles. The maximum absolute atomic E-state index is 15.7. The van der Waals surface area contributed by atoms with E-state index in [4.69, 9.17) is 16.3 Å². The molecule has 2 aromatic rings. The van der Waals surface area contributed by atoms with E-state index in [1.807, 2.05) is 23.8 Å². The van der Waals surface area contributed by atoms with Crippen molar-refractivity contribution in [3.8, 4) is 5.75 Å². The van der Waals surface area contributed by atoms with Gasteiger partial charge < -0.3 is 19.1 Å². The summed E-state index contributed by atoms with van der Waals surface area (Å²) in [6.45, 7) is 5.52. The Hall–Kier alpha value is -2.68. The lowest BCUT2D eigenvalue weighted by molar-refractivity contribution is -0.143. The molecule has 2 aliphatic heterocycles. The fourth-order valence-electron chi connectivity index (χ4n) is 6.89. The molecule has 39 heavy (non-hydrogen) atoms. The predicted molar refractivity (Wildman–Crippen MR) is 144 cm³/mol. The molecule has 0 radical (unpaired) electrons. The van der Waals surface area contributed by atoms with Crippen LogP contribution in [0.3, 0.4) is 0 Å². The van der Waals surface area contributed by atoms with Gasteiger partial charge in [0.1, 0.15) is 12.4 Å². The van der Waals surface area contributed by atoms with E-state index in [9.17, 15) is 9.59 Å². The van der Waals surface area contributed by atoms with Gasteiger partial charge in [0.2, 0.25) is 11.8 Å². The number of ether oxygens (including phenoxy) is 1. The quantitative estimate of drug-likeness (QED) is 0.511. The Labute approximate surface area is 233 Å². The highest BCUT2D eigenvalue weighted by molar-refractivity contribution is 6.31. The summed E-state index contributed by atoms with van der Waals surface area (Å²) in [5.41, 5.74) is 1.47. The zero-order valence-electron chi connectivity index (χ0n) is 23.0. The molecule has 10 heteroatoms. The molecule has 3 heterocycles. The zero-order chi connectivity index (χ0) is 27.5. The molecule has 8 nitrogen and oxygen atoms in total. The summed E-state index contributed by atoms with van der Waals surface area (Å²) in [4.78, 5) is 31.0. The maximum Gasteiger partial charge on any atom is 0.226 e. The van der Waals surface area contributed by atoms with Crippen molar-refractivity contribution < 1.29 is 18.7 Å². The number of hydrogen-bond acceptors (Lipinski definition) is 5. The van der Waals surface area contributed by atoms with E-state index >= 15 is 4.39 Å². The van der Waals surface area contributed by atoms with Gasteiger partial charge in [-0.15, -0.1) is 10.2 Å². The first-order valence-corrected chi connectivity index (χ1v) is 14.6. The van der Waals surface area contributed by atoms with Crippen molar-refractivity contribution >= 4 is 23.4 Å². The third-order valence-electron chi connectivity index (χ3n) is 9.64. The van der Waals surface area contributed by atoms with Gasteiger partial charge in [-0.2, -0.15) is 0 Å². The smallest absolute Gasteiger partial charge is 0.226 e. The van der Waals surface area contributed by atoms with Crippen LogP contribution in [-0.4, -0.2) is 56.0 Å². The van der Waals surface area contributed by atoms with Crippen LogP contribution in [0.1, 0.15) is 80.7 Å². The SMILES string of the molecule is Cc1nnc(COc2c(F)cc(Cl)c3c2[C@@H](CN2CC4(CC4)CC2=O)N(C(=O)[C@@H]2CCCC[C@@H]2C)CC3)n1C. The monoisotopic (exact) mass is 557 g/mol. The van der Waals surface area contributed by atoms with Gasteiger partial charge in [-0.3, -0.25) is 9.59 Å². The van der Waals surface area contributed by atoms with Crippen LogP contribution in [0.15, 0.2) is 6.07 Å². The summed E-state index contributed by atoms with van der Waals surface area (Å²) in [5.74, 6) is 1.24. The lowest BCUT2D eigenvalue weighted by Gasteiger charge is -2.43. The van der Waals surface area contributed by atoms with E-state index in [0.717, 1.165) is 49.9 Å². The van der Waals surface area contributed by atoms with E-state index in [-0.39, 0.29) is 35.5 Å². The molecule has 4 aliphatic rings. The van der Waals surface area contributed by atoms with E-state index < -0.39 is 11.9 Å². The van der Waals surface area contributed by atoms with E-state index in [0.29, 0.717) is 54.8 Å². The predicted octanol–water partition coefficient (Wildman–Crippen LogP) is 4.76. The molecule has 1 aromatic carbocycles. The Morgan fingerprint density at radius 3 is 2.69 bits per heavy atom. The molecule has 0 bridgehead atoms. The second-order valence-corrected chi connectivity index (χ2v) is 12.6. The average molecular weight is 558 g/mol. The zero-order valence-corrected chi connectivity index (χ0v) is 23.8. The van der Waals surface area contributed by atoms with Gasteiger partial charge in [-0.1, -0.05) is 31.4 Å². The van der Waals surface area contributed by atoms with Crippen LogP contribution in [-0.2, 0) is 29.7 Å². The Bertz CT molecular complexity index is 1310. The normalized spacial score (nSPS) is 25.8. The first kappa shape index (κ1) is 26.5. The molecule has 2 aliphatic carbocycles. The van der Waals surface area contributed by atoms with Crippen molar-refractivity contribution in [2.75, 3.05) is 19.6 Å². The largest absolute Gasteiger partial charge is 0.482 e. The summed E-state index contributed by atoms with van der Waals surface area (Å²) < 4.78 is 23.6. The molecule has 0 N–H and O–H groups in total. The van der Waals surface area contributed by atoms with Crippen LogP contribution in [0.2, 0.25) is 5.02 Å². The summed E-state index contributed by atoms with van der Waals surface area (Å²) >= 11 is 6.62. The number of nitrogens with zero attached hydrogens (tertiary/aromatic N) is 5. The average Bonchev–Trinajstić information content (AvgIpc) is 3.49. The third-order valence-corrected chi connectivity index (χ3v) is 9.97. The third kappa shape index (κ3) is 4.81. The standard InChI is InChI=1S/C29H37ClFN5O3/c1-17-6-4-5-7-19(17)28(38)36-11-8-20-21(30)12-22(31)27(39-15-24-33-32-18(2)34(24)3)26(20)23(36)14-35-16-29(9-10-29)13-25(35)37/h12,17,19,23H,4-11,13-16H2,1-3H3/t17-,19+,23+/m0/s1. The molecule has 0 unspecified atom stereocenters. The number of aryl methyl sites for hydroxylation is 1. The van der Waals surface area contributed by atoms with Crippen molar-refractivity contribution in [1.29, 1.82) is 0 Å². The Balaban J connectivity index is 1.39. The number of halogens is 2. The van der Waals surface area contributed by atoms with Crippen molar-refractivity contribution in [3.05, 3.63) is 39.7 Å². The minimum atomic E-state index is -0.575. The van der Waals surface area contributed by atoms with Gasteiger partial charge in [0.15, 0.2) is 17.4 Å². The minimum absolute atomic E-state index is 0.0222. The van der Waals surface area contributed by atoms with Crippen molar-refractivity contribution in [3.63, 3.8) is 0 Å². The number of rotatable bonds is 6. The van der Waals surface area contributed by atoms with Crippen molar-refractivity contribution in [2.45, 2.75) is 77.9 Å². The fourth-order valence-corrected chi connectivity index (χ4v) is 7.18. The number of likely N-dealkylation sites (tertiary alicyclic amines) is 1. The van der Waals surface area contributed by atoms with E-state index in [2.05, 4.69) is 17.1 Å². The molecular weight excluding hydrogens is 521 g/mol. The second kappa shape index (κ2) is 10.1. The number of fused-ring (bicyclic) bond motifs is 1. The first-order chi connectivity index (χ1) is 18.7. The van der Waals surface area contributed by atoms with Crippen LogP contribution < -0.4 is 4.74 Å². The van der Waals surface area contributed by atoms with Crippen LogP contribution in [0.5, 0.6) is 5.75 Å². The highest BCUT2D eigenvalue weighted by Gasteiger charge is 2.52. The number of benzene rings is 1. The molecule has 2 amide bonds. The summed E-state index contributed by atoms with van der Waals surface area (Å²) in [6.07, 6.45) is 7.26. The molecule has 3 atom stereocenters. The fraction of sp³-hybridized carbons (Fsp3) is 0.655. The number of carbonyl (C=O) groups is 2. The van der Waals surface area contributed by atoms with Crippen LogP contribution in [0.4, 0.5) is 4.39 Å². The molecule has 2 saturated carbocycles. The highest BCUT2D eigenvalue weighted by atomic mass is 35.5. The number of amides is 2. The second-order valence-electron chi connectivity index (χ2n) is 12.2. The van der Waals surface area contributed by atoms with Crippen LogP contribution in [0, 0.1) is 30.0 Å². The van der Waals surface area contributed by atoms with Gasteiger partial charge in [-0.05, 0) is 62.0 Å². The molecule has 210 valence electrons. The Morgan fingerprint density at radius 1 is 1.26 bits per heavy atom. The van der Waals surface area contributed by atoms with Crippen LogP contribution in [0.25, 0.3) is 0 Å². The van der Waals surface area contributed by atoms with Gasteiger partial charge >= 0.3 is 0 Å². The lowest BCUT2D eigenvalue weighted by atomic mass is 9.78. The van der Waals surface area contributed by atoms with Gasteiger partial charge in [0.05, 0.1) is 6.04 Å². The van der Waals surface area contributed by atoms with Gasteiger partial charge in [-0.25, -0.2) is 4.39 Å². The minimum Gasteiger partial charge on any atom is -0.482 e. The highest BCUT2D eigenvalue weighted by Crippen LogP contribution is 2.54. The van der Waals surface area contributed by atoms with Crippen molar-refractivity contribution in [1.82, 2.24) is 24.6 Å². The molecule has 3 fully saturated rings. The molecule has 6 rings (SSSR count). The Morgan fingerprint density at radius 2 is 2.03 bits per heavy atom. The summed E-state index contributed by atoms with van der Waals surface area (Å²) in [6, 6.07) is 0.771. The summed E-state index contributed by atoms with van der Waals surface area (Å²) in [5, 5.41) is 8.57.